The Morgan fingerprint density at radius 2 is 0.845 bits per heavy atom. The van der Waals surface area contributed by atoms with E-state index in [1.54, 1.807) is 0 Å². The van der Waals surface area contributed by atoms with Gasteiger partial charge in [0.15, 0.2) is 36.4 Å². The van der Waals surface area contributed by atoms with Crippen molar-refractivity contribution in [3.8, 4) is 45.3 Å². The summed E-state index contributed by atoms with van der Waals surface area (Å²) >= 11 is 0. The average Bonchev–Trinajstić information content (AvgIpc) is 3.86. The number of H-pyrrole nitrogens is 2. The number of pyridine rings is 2. The van der Waals surface area contributed by atoms with Gasteiger partial charge in [-0.3, -0.25) is 18.4 Å². The van der Waals surface area contributed by atoms with E-state index in [1.807, 2.05) is 130 Å². The lowest BCUT2D eigenvalue weighted by Gasteiger charge is -2.06. The minimum Gasteiger partial charge on any atom is -1.00 e. The molecule has 0 saturated heterocycles. The quantitative estimate of drug-likeness (QED) is 0.169. The van der Waals surface area contributed by atoms with Crippen molar-refractivity contribution in [2.24, 2.45) is 0 Å². The molecule has 58 heavy (non-hydrogen) atoms. The van der Waals surface area contributed by atoms with Gasteiger partial charge in [0.05, 0.1) is 33.2 Å². The number of unbranched alkanes of at least 4 members (excludes halogenated alkanes) is 1. The molecule has 0 radical (unpaired) electrons. The SMILES string of the molecule is O=c1[nH]c2ccccc2n2c(-c3ccc[n+](CCCC[n+]4cccc(-c5nc(-c6ccccc6)c6c(=O)[nH]c7ccccc7n56)c4)c3)nc(-c3ccccc3)c12.[Br-].[Br-]. The molecule has 0 amide bonds. The zero-order valence-corrected chi connectivity index (χ0v) is 34.3. The third-order valence-corrected chi connectivity index (χ3v) is 10.4. The van der Waals surface area contributed by atoms with E-state index >= 15 is 0 Å². The number of halogens is 2. The number of nitrogens with zero attached hydrogens (tertiary/aromatic N) is 6. The minimum atomic E-state index is -0.175. The maximum Gasteiger partial charge on any atom is 0.275 e. The van der Waals surface area contributed by atoms with Gasteiger partial charge in [-0.15, -0.1) is 0 Å². The van der Waals surface area contributed by atoms with Crippen LogP contribution in [0.4, 0.5) is 0 Å². The summed E-state index contributed by atoms with van der Waals surface area (Å²) in [5.41, 5.74) is 8.94. The van der Waals surface area contributed by atoms with Crippen LogP contribution in [0.1, 0.15) is 12.8 Å². The lowest BCUT2D eigenvalue weighted by Crippen LogP contribution is -3.00. The standard InChI is InChI=1S/C46H34N8O2.2BrH/c55-45-41-39(31-15-3-1-4-16-31)49-43(53(41)37-23-9-7-21-35(37)47-45)33-19-13-27-51(29-33)25-11-12-26-52-28-14-20-34(30-52)44-50-40(32-17-5-2-6-18-32)42-46(56)48-36-22-8-10-24-38(36)54(42)44;;/h1-10,13-24,27-30H,11-12,25-26H2;2*1H. The molecule has 0 spiro atoms. The fourth-order valence-corrected chi connectivity index (χ4v) is 7.80. The molecule has 10 aromatic rings. The zero-order chi connectivity index (χ0) is 37.6. The number of aromatic amines is 2. The van der Waals surface area contributed by atoms with Gasteiger partial charge in [0.2, 0.25) is 0 Å². The van der Waals surface area contributed by atoms with Gasteiger partial charge in [-0.05, 0) is 36.4 Å². The number of benzene rings is 4. The lowest BCUT2D eigenvalue weighted by molar-refractivity contribution is -0.707. The number of aryl methyl sites for hydroxylation is 2. The number of rotatable bonds is 9. The zero-order valence-electron chi connectivity index (χ0n) is 31.1. The monoisotopic (exact) mass is 890 g/mol. The molecular formula is C46H36Br2N8O2. The fourth-order valence-electron chi connectivity index (χ4n) is 7.80. The first-order valence-corrected chi connectivity index (χ1v) is 18.8. The number of nitrogens with one attached hydrogen (secondary N) is 2. The van der Waals surface area contributed by atoms with E-state index in [9.17, 15) is 9.59 Å². The number of hydrogen-bond acceptors (Lipinski definition) is 4. The van der Waals surface area contributed by atoms with Gasteiger partial charge in [-0.1, -0.05) is 84.9 Å². The molecule has 0 bridgehead atoms. The molecule has 0 fully saturated rings. The second-order valence-corrected chi connectivity index (χ2v) is 14.0. The minimum absolute atomic E-state index is 0. The van der Waals surface area contributed by atoms with E-state index < -0.39 is 0 Å². The van der Waals surface area contributed by atoms with Crippen molar-refractivity contribution < 1.29 is 43.1 Å². The molecule has 0 saturated carbocycles. The third kappa shape index (κ3) is 6.84. The number of para-hydroxylation sites is 4. The van der Waals surface area contributed by atoms with Crippen molar-refractivity contribution in [1.29, 1.82) is 0 Å². The molecule has 286 valence electrons. The van der Waals surface area contributed by atoms with E-state index in [4.69, 9.17) is 9.97 Å². The molecule has 12 heteroatoms. The summed E-state index contributed by atoms with van der Waals surface area (Å²) in [6.07, 6.45) is 10.3. The van der Waals surface area contributed by atoms with Crippen LogP contribution in [0.3, 0.4) is 0 Å². The third-order valence-electron chi connectivity index (χ3n) is 10.4. The van der Waals surface area contributed by atoms with Crippen LogP contribution < -0.4 is 54.2 Å². The van der Waals surface area contributed by atoms with Crippen LogP contribution in [-0.4, -0.2) is 28.7 Å². The van der Waals surface area contributed by atoms with Crippen molar-refractivity contribution in [3.05, 3.63) is 179 Å². The first-order valence-electron chi connectivity index (χ1n) is 18.8. The highest BCUT2D eigenvalue weighted by Gasteiger charge is 2.23. The van der Waals surface area contributed by atoms with E-state index in [0.29, 0.717) is 22.4 Å². The Morgan fingerprint density at radius 1 is 0.466 bits per heavy atom. The molecule has 0 aliphatic rings. The summed E-state index contributed by atoms with van der Waals surface area (Å²) in [6, 6.07) is 43.6. The van der Waals surface area contributed by atoms with Gasteiger partial charge >= 0.3 is 0 Å². The molecule has 0 aliphatic heterocycles. The van der Waals surface area contributed by atoms with Crippen molar-refractivity contribution in [2.45, 2.75) is 25.9 Å². The predicted octanol–water partition coefficient (Wildman–Crippen LogP) is 1.40. The topological polar surface area (TPSA) is 108 Å². The highest BCUT2D eigenvalue weighted by Crippen LogP contribution is 2.31. The second-order valence-electron chi connectivity index (χ2n) is 14.0. The summed E-state index contributed by atoms with van der Waals surface area (Å²) in [7, 11) is 0. The van der Waals surface area contributed by atoms with Gasteiger partial charge in [0, 0.05) is 36.1 Å². The van der Waals surface area contributed by atoms with Crippen molar-refractivity contribution in [2.75, 3.05) is 0 Å². The van der Waals surface area contributed by atoms with Gasteiger partial charge < -0.3 is 43.9 Å². The average molecular weight is 893 g/mol. The Morgan fingerprint density at radius 3 is 1.28 bits per heavy atom. The van der Waals surface area contributed by atoms with Crippen LogP contribution in [0, 0.1) is 0 Å². The van der Waals surface area contributed by atoms with Crippen LogP contribution in [0.5, 0.6) is 0 Å². The van der Waals surface area contributed by atoms with E-state index in [-0.39, 0.29) is 45.1 Å². The Balaban J connectivity index is 0.00000235. The predicted molar refractivity (Wildman–Crippen MR) is 218 cm³/mol. The number of aromatic nitrogens is 8. The largest absolute Gasteiger partial charge is 1.00 e. The summed E-state index contributed by atoms with van der Waals surface area (Å²) in [5, 5.41) is 0. The number of fused-ring (bicyclic) bond motifs is 6. The molecular weight excluding hydrogens is 856 g/mol. The van der Waals surface area contributed by atoms with Crippen molar-refractivity contribution in [1.82, 2.24) is 28.7 Å². The van der Waals surface area contributed by atoms with Crippen LogP contribution >= 0.6 is 0 Å². The van der Waals surface area contributed by atoms with Gasteiger partial charge in [-0.25, -0.2) is 19.1 Å². The van der Waals surface area contributed by atoms with E-state index in [2.05, 4.69) is 56.0 Å². The summed E-state index contributed by atoms with van der Waals surface area (Å²) in [5.74, 6) is 1.44. The van der Waals surface area contributed by atoms with Gasteiger partial charge in [0.25, 0.3) is 11.1 Å². The summed E-state index contributed by atoms with van der Waals surface area (Å²) in [6.45, 7) is 1.62. The summed E-state index contributed by atoms with van der Waals surface area (Å²) < 4.78 is 8.37. The fraction of sp³-hybridized carbons (Fsp3) is 0.0870. The lowest BCUT2D eigenvalue weighted by atomic mass is 10.1. The Bertz CT molecular complexity index is 2990. The van der Waals surface area contributed by atoms with Gasteiger partial charge in [0.1, 0.15) is 35.5 Å². The first-order chi connectivity index (χ1) is 27.6. The molecule has 10 nitrogen and oxygen atoms in total. The number of imidazole rings is 2. The second kappa shape index (κ2) is 16.2. The Kier molecular flexibility index (Phi) is 10.7. The molecule has 4 aromatic carbocycles. The van der Waals surface area contributed by atoms with Gasteiger partial charge in [-0.2, -0.15) is 0 Å². The van der Waals surface area contributed by atoms with Crippen molar-refractivity contribution >= 4 is 33.1 Å². The first kappa shape index (κ1) is 38.4. The van der Waals surface area contributed by atoms with Crippen LogP contribution in [0.25, 0.3) is 78.4 Å². The van der Waals surface area contributed by atoms with Crippen LogP contribution in [-0.2, 0) is 13.1 Å². The molecule has 0 unspecified atom stereocenters. The maximum absolute atomic E-state index is 13.5. The molecule has 6 aromatic heterocycles. The number of hydrogen-bond donors (Lipinski definition) is 2. The molecule has 2 N–H and O–H groups in total. The van der Waals surface area contributed by atoms with Crippen LogP contribution in [0.2, 0.25) is 0 Å². The highest BCUT2D eigenvalue weighted by molar-refractivity contribution is 5.89. The maximum atomic E-state index is 13.5. The Hall–Kier alpha value is -6.50. The molecule has 6 heterocycles. The van der Waals surface area contributed by atoms with E-state index in [0.717, 1.165) is 81.9 Å². The highest BCUT2D eigenvalue weighted by atomic mass is 79.9. The van der Waals surface area contributed by atoms with Crippen molar-refractivity contribution in [3.63, 3.8) is 0 Å². The normalized spacial score (nSPS) is 11.2. The Labute approximate surface area is 353 Å². The smallest absolute Gasteiger partial charge is 0.275 e. The molecule has 0 aliphatic carbocycles. The summed E-state index contributed by atoms with van der Waals surface area (Å²) in [4.78, 5) is 43.4. The molecule has 0 atom stereocenters. The van der Waals surface area contributed by atoms with E-state index in [1.165, 1.54) is 0 Å². The van der Waals surface area contributed by atoms with Crippen LogP contribution in [0.15, 0.2) is 168 Å². The molecule has 10 rings (SSSR count).